The fraction of sp³-hybridized carbons (Fsp3) is 0. The molecule has 1 amide bonds. The molecule has 0 atom stereocenters. The molecule has 1 heterocycles. The minimum atomic E-state index is -0.389. The molecule has 1 aliphatic carbocycles. The van der Waals surface area contributed by atoms with Crippen molar-refractivity contribution in [1.82, 2.24) is 4.98 Å². The highest BCUT2D eigenvalue weighted by molar-refractivity contribution is 5.99. The van der Waals surface area contributed by atoms with Crippen molar-refractivity contribution in [2.45, 2.75) is 0 Å². The number of nitrogens with one attached hydrogen (secondary N) is 1. The van der Waals surface area contributed by atoms with Crippen molar-refractivity contribution in [3.05, 3.63) is 36.0 Å². The summed E-state index contributed by atoms with van der Waals surface area (Å²) < 4.78 is 0. The van der Waals surface area contributed by atoms with Crippen molar-refractivity contribution in [2.24, 2.45) is 5.73 Å². The summed E-state index contributed by atoms with van der Waals surface area (Å²) in [5.74, 6) is -0.389. The highest BCUT2D eigenvalue weighted by atomic mass is 16.1. The van der Waals surface area contributed by atoms with Crippen molar-refractivity contribution in [3.8, 4) is 11.3 Å². The van der Waals surface area contributed by atoms with Gasteiger partial charge in [0.25, 0.3) is 0 Å². The Morgan fingerprint density at radius 3 is 2.92 bits per heavy atom. The minimum absolute atomic E-state index is 0.389. The molecule has 0 bridgehead atoms. The minimum Gasteiger partial charge on any atom is -0.366 e. The number of pyridine rings is 1. The lowest BCUT2D eigenvalue weighted by atomic mass is 10.1. The quantitative estimate of drug-likeness (QED) is 0.647. The summed E-state index contributed by atoms with van der Waals surface area (Å²) in [4.78, 5) is 13.9. The molecule has 0 saturated heterocycles. The molecule has 0 fully saturated rings. The van der Waals surface area contributed by atoms with Crippen LogP contribution in [0.1, 0.15) is 10.4 Å². The fourth-order valence-corrected chi connectivity index (χ4v) is 1.30. The highest BCUT2D eigenvalue weighted by Crippen LogP contribution is 2.23. The zero-order valence-corrected chi connectivity index (χ0v) is 6.37. The number of hydrogen-bond donors (Lipinski definition) is 2. The molecule has 3 heteroatoms. The molecule has 0 aromatic heterocycles. The maximum Gasteiger partial charge on any atom is 0.249 e. The predicted octanol–water partition coefficient (Wildman–Crippen LogP) is 1.22. The molecule has 12 heavy (non-hydrogen) atoms. The summed E-state index contributed by atoms with van der Waals surface area (Å²) in [5.41, 5.74) is 7.57. The first-order chi connectivity index (χ1) is 5.79. The molecule has 0 spiro atoms. The number of H-pyrrole nitrogens is 1. The van der Waals surface area contributed by atoms with Crippen LogP contribution in [0.15, 0.2) is 30.5 Å². The van der Waals surface area contributed by atoms with E-state index in [1.54, 1.807) is 12.3 Å². The topological polar surface area (TPSA) is 58.9 Å². The predicted molar refractivity (Wildman–Crippen MR) is 45.9 cm³/mol. The molecular weight excluding hydrogens is 152 g/mol. The zero-order chi connectivity index (χ0) is 8.55. The Kier molecular flexibility index (Phi) is 1.37. The molecule has 0 aromatic rings. The molecule has 1 aliphatic heterocycles. The maximum absolute atomic E-state index is 10.9. The summed E-state index contributed by atoms with van der Waals surface area (Å²) in [6.45, 7) is 0. The van der Waals surface area contributed by atoms with Gasteiger partial charge in [0, 0.05) is 23.0 Å². The first kappa shape index (κ1) is 6.91. The van der Waals surface area contributed by atoms with Gasteiger partial charge in [0.1, 0.15) is 0 Å². The second kappa shape index (κ2) is 2.37. The average Bonchev–Trinajstić information content (AvgIpc) is 2.49. The van der Waals surface area contributed by atoms with Gasteiger partial charge in [-0.15, -0.1) is 0 Å². The first-order valence-corrected chi connectivity index (χ1v) is 3.65. The van der Waals surface area contributed by atoms with Crippen LogP contribution in [0.3, 0.4) is 0 Å². The van der Waals surface area contributed by atoms with Gasteiger partial charge in [0.2, 0.25) is 5.91 Å². The second-order valence-corrected chi connectivity index (χ2v) is 2.61. The lowest BCUT2D eigenvalue weighted by molar-refractivity contribution is 0.100. The van der Waals surface area contributed by atoms with Crippen LogP contribution in [-0.4, -0.2) is 10.9 Å². The Hall–Kier alpha value is -1.77. The molecule has 2 aliphatic rings. The normalized spacial score (nSPS) is 10.3. The van der Waals surface area contributed by atoms with Crippen LogP contribution in [0.5, 0.6) is 0 Å². The number of fused-ring (bicyclic) bond motifs is 1. The molecule has 60 valence electrons. The summed E-state index contributed by atoms with van der Waals surface area (Å²) in [7, 11) is 0. The van der Waals surface area contributed by atoms with Gasteiger partial charge in [-0.05, 0) is 12.1 Å². The van der Waals surface area contributed by atoms with E-state index in [1.165, 1.54) is 0 Å². The number of carbonyl (C=O) groups excluding carboxylic acids is 1. The van der Waals surface area contributed by atoms with Crippen LogP contribution in [-0.2, 0) is 0 Å². The molecular formula is C9H8N2O. The number of primary amides is 1. The molecule has 0 radical (unpaired) electrons. The third kappa shape index (κ3) is 0.871. The first-order valence-electron chi connectivity index (χ1n) is 3.65. The SMILES string of the molecule is NC(=O)c1cc[nH]c2cccc1-2. The standard InChI is InChI=1S/C9H8N2O/c10-9(12)7-4-5-11-8-3-1-2-6(7)8/h1-5,11H,(H2,10,12). The number of hydrogen-bond acceptors (Lipinski definition) is 1. The van der Waals surface area contributed by atoms with Crippen LogP contribution in [0.4, 0.5) is 0 Å². The van der Waals surface area contributed by atoms with Crippen LogP contribution in [0.25, 0.3) is 11.3 Å². The largest absolute Gasteiger partial charge is 0.366 e. The Morgan fingerprint density at radius 1 is 1.33 bits per heavy atom. The van der Waals surface area contributed by atoms with Crippen molar-refractivity contribution >= 4 is 5.91 Å². The molecule has 0 saturated carbocycles. The number of aromatic nitrogens is 1. The van der Waals surface area contributed by atoms with Gasteiger partial charge in [0.05, 0.1) is 0 Å². The van der Waals surface area contributed by atoms with Crippen molar-refractivity contribution in [3.63, 3.8) is 0 Å². The van der Waals surface area contributed by atoms with Gasteiger partial charge in [0.15, 0.2) is 0 Å². The summed E-state index contributed by atoms with van der Waals surface area (Å²) in [5, 5.41) is 0. The van der Waals surface area contributed by atoms with Gasteiger partial charge in [-0.25, -0.2) is 0 Å². The molecule has 0 aromatic carbocycles. The highest BCUT2D eigenvalue weighted by Gasteiger charge is 2.10. The lowest BCUT2D eigenvalue weighted by Crippen LogP contribution is -2.12. The Balaban J connectivity index is 2.71. The number of amides is 1. The van der Waals surface area contributed by atoms with Crippen molar-refractivity contribution < 1.29 is 4.79 Å². The maximum atomic E-state index is 10.9. The average molecular weight is 160 g/mol. The van der Waals surface area contributed by atoms with Gasteiger partial charge in [-0.1, -0.05) is 12.1 Å². The number of rotatable bonds is 1. The monoisotopic (exact) mass is 160 g/mol. The summed E-state index contributed by atoms with van der Waals surface area (Å²) >= 11 is 0. The lowest BCUT2D eigenvalue weighted by Gasteiger charge is -2.03. The van der Waals surface area contributed by atoms with Crippen LogP contribution in [0.2, 0.25) is 0 Å². The third-order valence-electron chi connectivity index (χ3n) is 1.86. The number of aromatic amines is 1. The van der Waals surface area contributed by atoms with Gasteiger partial charge < -0.3 is 10.7 Å². The van der Waals surface area contributed by atoms with Gasteiger partial charge in [-0.3, -0.25) is 4.79 Å². The van der Waals surface area contributed by atoms with E-state index in [-0.39, 0.29) is 5.91 Å². The van der Waals surface area contributed by atoms with Crippen molar-refractivity contribution in [1.29, 1.82) is 0 Å². The second-order valence-electron chi connectivity index (χ2n) is 2.61. The Labute approximate surface area is 69.5 Å². The molecule has 0 unspecified atom stereocenters. The zero-order valence-electron chi connectivity index (χ0n) is 6.37. The summed E-state index contributed by atoms with van der Waals surface area (Å²) in [6.07, 6.45) is 1.71. The van der Waals surface area contributed by atoms with Crippen LogP contribution >= 0.6 is 0 Å². The van der Waals surface area contributed by atoms with Crippen LogP contribution < -0.4 is 5.73 Å². The van der Waals surface area contributed by atoms with Gasteiger partial charge in [-0.2, -0.15) is 0 Å². The van der Waals surface area contributed by atoms with Gasteiger partial charge >= 0.3 is 0 Å². The van der Waals surface area contributed by atoms with Crippen molar-refractivity contribution in [2.75, 3.05) is 0 Å². The molecule has 3 N–H and O–H groups in total. The number of carbonyl (C=O) groups is 1. The molecule has 3 nitrogen and oxygen atoms in total. The van der Waals surface area contributed by atoms with E-state index in [1.807, 2.05) is 18.2 Å². The number of nitrogens with two attached hydrogens (primary N) is 1. The van der Waals surface area contributed by atoms with E-state index in [0.717, 1.165) is 11.3 Å². The fourth-order valence-electron chi connectivity index (χ4n) is 1.30. The van der Waals surface area contributed by atoms with Crippen LogP contribution in [0, 0.1) is 0 Å². The Morgan fingerprint density at radius 2 is 2.17 bits per heavy atom. The smallest absolute Gasteiger partial charge is 0.249 e. The van der Waals surface area contributed by atoms with E-state index in [0.29, 0.717) is 5.56 Å². The van der Waals surface area contributed by atoms with E-state index < -0.39 is 0 Å². The Bertz CT molecular complexity index is 392. The third-order valence-corrected chi connectivity index (χ3v) is 1.86. The van der Waals surface area contributed by atoms with E-state index >= 15 is 0 Å². The molecule has 2 rings (SSSR count). The van der Waals surface area contributed by atoms with E-state index in [9.17, 15) is 4.79 Å². The summed E-state index contributed by atoms with van der Waals surface area (Å²) in [6, 6.07) is 7.34. The van der Waals surface area contributed by atoms with E-state index in [2.05, 4.69) is 4.98 Å². The van der Waals surface area contributed by atoms with E-state index in [4.69, 9.17) is 5.73 Å².